The minimum atomic E-state index is -0.777. The summed E-state index contributed by atoms with van der Waals surface area (Å²) in [4.78, 5) is 42.4. The number of hydrogen-bond donors (Lipinski definition) is 1. The maximum atomic E-state index is 12.4. The van der Waals surface area contributed by atoms with Crippen molar-refractivity contribution >= 4 is 29.2 Å². The Bertz CT molecular complexity index is 555. The van der Waals surface area contributed by atoms with Crippen molar-refractivity contribution in [2.24, 2.45) is 5.92 Å². The standard InChI is InChI=1S/C13H17N3O3S/c1-4-5-9-10(17)15-13(19)16(12(9)18)8(3)11-14-6-7(2)20-11/h6,8-9H,4-5H2,1-3H3,(H,15,17,19). The van der Waals surface area contributed by atoms with Gasteiger partial charge >= 0.3 is 6.03 Å². The minimum absolute atomic E-state index is 0.430. The molecule has 1 N–H and O–H groups in total. The molecule has 0 saturated carbocycles. The molecule has 0 bridgehead atoms. The summed E-state index contributed by atoms with van der Waals surface area (Å²) in [5.74, 6) is -1.71. The number of nitrogens with one attached hydrogen (secondary N) is 1. The highest BCUT2D eigenvalue weighted by molar-refractivity contribution is 7.11. The van der Waals surface area contributed by atoms with Gasteiger partial charge in [0.05, 0.1) is 6.04 Å². The van der Waals surface area contributed by atoms with Crippen LogP contribution in [0.3, 0.4) is 0 Å². The largest absolute Gasteiger partial charge is 0.331 e. The van der Waals surface area contributed by atoms with Crippen LogP contribution in [-0.4, -0.2) is 27.7 Å². The molecule has 0 aromatic carbocycles. The Morgan fingerprint density at radius 2 is 2.15 bits per heavy atom. The first-order valence-electron chi connectivity index (χ1n) is 6.56. The minimum Gasteiger partial charge on any atom is -0.277 e. The third-order valence-corrected chi connectivity index (χ3v) is 4.35. The maximum absolute atomic E-state index is 12.4. The van der Waals surface area contributed by atoms with Crippen molar-refractivity contribution in [2.75, 3.05) is 0 Å². The first-order valence-corrected chi connectivity index (χ1v) is 7.37. The highest BCUT2D eigenvalue weighted by Gasteiger charge is 2.42. The van der Waals surface area contributed by atoms with E-state index in [0.717, 1.165) is 9.78 Å². The summed E-state index contributed by atoms with van der Waals surface area (Å²) in [7, 11) is 0. The van der Waals surface area contributed by atoms with Crippen LogP contribution in [0.2, 0.25) is 0 Å². The van der Waals surface area contributed by atoms with Gasteiger partial charge in [-0.3, -0.25) is 19.8 Å². The van der Waals surface area contributed by atoms with Crippen LogP contribution in [0.1, 0.15) is 42.6 Å². The van der Waals surface area contributed by atoms with Gasteiger partial charge < -0.3 is 0 Å². The zero-order chi connectivity index (χ0) is 14.9. The molecule has 6 nitrogen and oxygen atoms in total. The molecule has 0 aliphatic carbocycles. The van der Waals surface area contributed by atoms with Gasteiger partial charge in [-0.2, -0.15) is 0 Å². The van der Waals surface area contributed by atoms with Crippen molar-refractivity contribution in [3.63, 3.8) is 0 Å². The number of hydrogen-bond acceptors (Lipinski definition) is 5. The number of carbonyl (C=O) groups is 3. The fourth-order valence-corrected chi connectivity index (χ4v) is 3.04. The summed E-state index contributed by atoms with van der Waals surface area (Å²) in [5, 5.41) is 2.95. The molecule has 2 rings (SSSR count). The van der Waals surface area contributed by atoms with E-state index in [2.05, 4.69) is 10.3 Å². The van der Waals surface area contributed by atoms with Gasteiger partial charge in [0.2, 0.25) is 11.8 Å². The molecule has 2 unspecified atom stereocenters. The second-order valence-electron chi connectivity index (χ2n) is 4.83. The van der Waals surface area contributed by atoms with Crippen molar-refractivity contribution < 1.29 is 14.4 Å². The van der Waals surface area contributed by atoms with E-state index in [1.165, 1.54) is 11.3 Å². The molecular formula is C13H17N3O3S. The third-order valence-electron chi connectivity index (χ3n) is 3.26. The first kappa shape index (κ1) is 14.6. The lowest BCUT2D eigenvalue weighted by Crippen LogP contribution is -2.58. The van der Waals surface area contributed by atoms with Crippen LogP contribution in [0, 0.1) is 12.8 Å². The topological polar surface area (TPSA) is 79.4 Å². The van der Waals surface area contributed by atoms with E-state index in [9.17, 15) is 14.4 Å². The van der Waals surface area contributed by atoms with Gasteiger partial charge in [0.1, 0.15) is 10.9 Å². The quantitative estimate of drug-likeness (QED) is 0.862. The summed E-state index contributed by atoms with van der Waals surface area (Å²) >= 11 is 1.44. The van der Waals surface area contributed by atoms with Gasteiger partial charge in [-0.25, -0.2) is 9.78 Å². The Hall–Kier alpha value is -1.76. The SMILES string of the molecule is CCCC1C(=O)NC(=O)N(C(C)c2ncc(C)s2)C1=O. The van der Waals surface area contributed by atoms with E-state index < -0.39 is 29.8 Å². The molecule has 108 valence electrons. The second kappa shape index (κ2) is 5.70. The second-order valence-corrected chi connectivity index (χ2v) is 6.10. The lowest BCUT2D eigenvalue weighted by molar-refractivity contribution is -0.144. The van der Waals surface area contributed by atoms with Crippen LogP contribution < -0.4 is 5.32 Å². The van der Waals surface area contributed by atoms with Gasteiger partial charge in [0.25, 0.3) is 0 Å². The smallest absolute Gasteiger partial charge is 0.277 e. The summed E-state index contributed by atoms with van der Waals surface area (Å²) in [6, 6.07) is -1.12. The van der Waals surface area contributed by atoms with Crippen molar-refractivity contribution in [3.8, 4) is 0 Å². The van der Waals surface area contributed by atoms with Crippen LogP contribution in [0.25, 0.3) is 0 Å². The number of amides is 4. The van der Waals surface area contributed by atoms with Crippen molar-refractivity contribution in [2.45, 2.75) is 39.7 Å². The number of thiazole rings is 1. The summed E-state index contributed by atoms with van der Waals surface area (Å²) in [6.45, 7) is 5.55. The molecule has 1 aliphatic heterocycles. The van der Waals surface area contributed by atoms with Gasteiger partial charge in [-0.1, -0.05) is 13.3 Å². The monoisotopic (exact) mass is 295 g/mol. The van der Waals surface area contributed by atoms with E-state index >= 15 is 0 Å². The van der Waals surface area contributed by atoms with Crippen molar-refractivity contribution in [3.05, 3.63) is 16.1 Å². The predicted molar refractivity (Wildman–Crippen MR) is 74.0 cm³/mol. The van der Waals surface area contributed by atoms with Gasteiger partial charge in [-0.15, -0.1) is 11.3 Å². The Labute approximate surface area is 121 Å². The highest BCUT2D eigenvalue weighted by atomic mass is 32.1. The molecule has 2 heterocycles. The van der Waals surface area contributed by atoms with Crippen LogP contribution >= 0.6 is 11.3 Å². The number of barbiturate groups is 1. The molecule has 20 heavy (non-hydrogen) atoms. The summed E-state index contributed by atoms with van der Waals surface area (Å²) < 4.78 is 0. The number of rotatable bonds is 4. The van der Waals surface area contributed by atoms with Crippen molar-refractivity contribution in [1.29, 1.82) is 0 Å². The maximum Gasteiger partial charge on any atom is 0.331 e. The third kappa shape index (κ3) is 2.58. The molecule has 7 heteroatoms. The predicted octanol–water partition coefficient (Wildman–Crippen LogP) is 2.01. The molecule has 4 amide bonds. The summed E-state index contributed by atoms with van der Waals surface area (Å²) in [5.41, 5.74) is 0. The van der Waals surface area contributed by atoms with Gasteiger partial charge in [-0.05, 0) is 20.3 Å². The highest BCUT2D eigenvalue weighted by Crippen LogP contribution is 2.28. The molecule has 0 radical (unpaired) electrons. The Balaban J connectivity index is 2.27. The number of urea groups is 1. The number of nitrogens with zero attached hydrogens (tertiary/aromatic N) is 2. The Morgan fingerprint density at radius 3 is 2.70 bits per heavy atom. The Kier molecular flexibility index (Phi) is 4.17. The van der Waals surface area contributed by atoms with Crippen LogP contribution in [0.15, 0.2) is 6.20 Å². The summed E-state index contributed by atoms with van der Waals surface area (Å²) in [6.07, 6.45) is 2.85. The molecule has 1 aromatic heterocycles. The fraction of sp³-hybridized carbons (Fsp3) is 0.538. The van der Waals surface area contributed by atoms with Crippen LogP contribution in [0.4, 0.5) is 4.79 Å². The lowest BCUT2D eigenvalue weighted by atomic mass is 9.98. The number of aryl methyl sites for hydroxylation is 1. The van der Waals surface area contributed by atoms with Crippen molar-refractivity contribution in [1.82, 2.24) is 15.2 Å². The number of imide groups is 2. The molecule has 1 aromatic rings. The van der Waals surface area contributed by atoms with E-state index in [-0.39, 0.29) is 0 Å². The van der Waals surface area contributed by atoms with Crippen LogP contribution in [-0.2, 0) is 9.59 Å². The lowest BCUT2D eigenvalue weighted by Gasteiger charge is -2.33. The first-order chi connectivity index (χ1) is 9.45. The average Bonchev–Trinajstić information content (AvgIpc) is 2.81. The van der Waals surface area contributed by atoms with E-state index in [1.807, 2.05) is 13.8 Å². The normalized spacial score (nSPS) is 21.1. The average molecular weight is 295 g/mol. The molecule has 1 fully saturated rings. The zero-order valence-corrected chi connectivity index (χ0v) is 12.5. The molecule has 1 aliphatic rings. The van der Waals surface area contributed by atoms with E-state index in [0.29, 0.717) is 17.8 Å². The Morgan fingerprint density at radius 1 is 1.45 bits per heavy atom. The van der Waals surface area contributed by atoms with Gasteiger partial charge in [0, 0.05) is 11.1 Å². The molecular weight excluding hydrogens is 278 g/mol. The number of aromatic nitrogens is 1. The molecule has 1 saturated heterocycles. The van der Waals surface area contributed by atoms with Gasteiger partial charge in [0.15, 0.2) is 0 Å². The number of carbonyl (C=O) groups excluding carboxylic acids is 3. The molecule has 0 spiro atoms. The molecule has 2 atom stereocenters. The van der Waals surface area contributed by atoms with Crippen LogP contribution in [0.5, 0.6) is 0 Å². The van der Waals surface area contributed by atoms with E-state index in [4.69, 9.17) is 0 Å². The fourth-order valence-electron chi connectivity index (χ4n) is 2.22. The van der Waals surface area contributed by atoms with E-state index in [1.54, 1.807) is 13.1 Å². The zero-order valence-electron chi connectivity index (χ0n) is 11.7.